The van der Waals surface area contributed by atoms with Gasteiger partial charge in [0, 0.05) is 39.4 Å². The molecule has 0 bridgehead atoms. The minimum Gasteiger partial charge on any atom is -0.383 e. The van der Waals surface area contributed by atoms with E-state index in [2.05, 4.69) is 20.2 Å². The average Bonchev–Trinajstić information content (AvgIpc) is 2.88. The Morgan fingerprint density at radius 1 is 1.50 bits per heavy atom. The molecule has 1 aromatic heterocycles. The molecule has 0 aromatic carbocycles. The SMILES string of the molecule is COCCNCc1cc(=O)[nH]c(N2CCCC2)n1. The van der Waals surface area contributed by atoms with Gasteiger partial charge in [-0.25, -0.2) is 4.98 Å². The lowest BCUT2D eigenvalue weighted by atomic mass is 10.4. The molecule has 6 nitrogen and oxygen atoms in total. The molecular weight excluding hydrogens is 232 g/mol. The van der Waals surface area contributed by atoms with Crippen molar-refractivity contribution in [1.29, 1.82) is 0 Å². The van der Waals surface area contributed by atoms with Crippen LogP contribution in [0.25, 0.3) is 0 Å². The zero-order valence-corrected chi connectivity index (χ0v) is 10.7. The van der Waals surface area contributed by atoms with Crippen molar-refractivity contribution in [2.75, 3.05) is 38.3 Å². The molecule has 100 valence electrons. The molecule has 18 heavy (non-hydrogen) atoms. The lowest BCUT2D eigenvalue weighted by Gasteiger charge is -2.16. The van der Waals surface area contributed by atoms with Gasteiger partial charge in [-0.05, 0) is 12.8 Å². The number of anilines is 1. The Morgan fingerprint density at radius 2 is 2.28 bits per heavy atom. The molecule has 1 aliphatic rings. The first-order valence-electron chi connectivity index (χ1n) is 6.34. The molecule has 0 atom stereocenters. The maximum absolute atomic E-state index is 11.6. The minimum absolute atomic E-state index is 0.0876. The van der Waals surface area contributed by atoms with Gasteiger partial charge in [0.1, 0.15) is 0 Å². The third-order valence-electron chi connectivity index (χ3n) is 2.98. The summed E-state index contributed by atoms with van der Waals surface area (Å²) in [4.78, 5) is 21.0. The van der Waals surface area contributed by atoms with Crippen LogP contribution in [0.2, 0.25) is 0 Å². The molecule has 2 N–H and O–H groups in total. The number of hydrogen-bond acceptors (Lipinski definition) is 5. The quantitative estimate of drug-likeness (QED) is 0.703. The summed E-state index contributed by atoms with van der Waals surface area (Å²) < 4.78 is 4.95. The molecule has 0 aliphatic carbocycles. The van der Waals surface area contributed by atoms with E-state index in [1.165, 1.54) is 12.8 Å². The Kier molecular flexibility index (Phi) is 4.72. The Hall–Kier alpha value is -1.40. The fourth-order valence-corrected chi connectivity index (χ4v) is 2.05. The van der Waals surface area contributed by atoms with Crippen LogP contribution >= 0.6 is 0 Å². The Labute approximate surface area is 106 Å². The molecule has 0 saturated carbocycles. The fraction of sp³-hybridized carbons (Fsp3) is 0.667. The molecule has 0 radical (unpaired) electrons. The Bertz CT molecular complexity index is 426. The lowest BCUT2D eigenvalue weighted by molar-refractivity contribution is 0.199. The molecule has 6 heteroatoms. The van der Waals surface area contributed by atoms with Gasteiger partial charge in [-0.3, -0.25) is 9.78 Å². The zero-order chi connectivity index (χ0) is 12.8. The van der Waals surface area contributed by atoms with Crippen LogP contribution in [0.4, 0.5) is 5.95 Å². The van der Waals surface area contributed by atoms with E-state index in [0.29, 0.717) is 19.1 Å². The van der Waals surface area contributed by atoms with Gasteiger partial charge in [-0.1, -0.05) is 0 Å². The second kappa shape index (κ2) is 6.51. The number of H-pyrrole nitrogens is 1. The molecule has 1 fully saturated rings. The third-order valence-corrected chi connectivity index (χ3v) is 2.98. The van der Waals surface area contributed by atoms with E-state index in [1.54, 1.807) is 13.2 Å². The molecule has 0 spiro atoms. The molecule has 1 aliphatic heterocycles. The fourth-order valence-electron chi connectivity index (χ4n) is 2.05. The second-order valence-electron chi connectivity index (χ2n) is 4.42. The largest absolute Gasteiger partial charge is 0.383 e. The van der Waals surface area contributed by atoms with Crippen molar-refractivity contribution in [1.82, 2.24) is 15.3 Å². The number of aromatic amines is 1. The summed E-state index contributed by atoms with van der Waals surface area (Å²) in [6.45, 7) is 3.95. The number of nitrogens with zero attached hydrogens (tertiary/aromatic N) is 2. The van der Waals surface area contributed by atoms with Crippen LogP contribution in [-0.4, -0.2) is 43.3 Å². The topological polar surface area (TPSA) is 70.2 Å². The smallest absolute Gasteiger partial charge is 0.252 e. The van der Waals surface area contributed by atoms with Crippen molar-refractivity contribution in [3.63, 3.8) is 0 Å². The summed E-state index contributed by atoms with van der Waals surface area (Å²) in [5.74, 6) is 0.698. The minimum atomic E-state index is -0.0876. The first-order valence-corrected chi connectivity index (χ1v) is 6.34. The summed E-state index contributed by atoms with van der Waals surface area (Å²) >= 11 is 0. The van der Waals surface area contributed by atoms with Gasteiger partial charge in [0.05, 0.1) is 12.3 Å². The summed E-state index contributed by atoms with van der Waals surface area (Å²) in [5.41, 5.74) is 0.687. The average molecular weight is 252 g/mol. The van der Waals surface area contributed by atoms with Crippen LogP contribution in [0.3, 0.4) is 0 Å². The number of nitrogens with one attached hydrogen (secondary N) is 2. The summed E-state index contributed by atoms with van der Waals surface area (Å²) in [6.07, 6.45) is 2.33. The molecule has 2 heterocycles. The van der Waals surface area contributed by atoms with Crippen molar-refractivity contribution >= 4 is 5.95 Å². The summed E-state index contributed by atoms with van der Waals surface area (Å²) in [5, 5.41) is 3.19. The van der Waals surface area contributed by atoms with Gasteiger partial charge < -0.3 is 15.0 Å². The van der Waals surface area contributed by atoms with Crippen molar-refractivity contribution < 1.29 is 4.74 Å². The van der Waals surface area contributed by atoms with Crippen LogP contribution in [0.1, 0.15) is 18.5 Å². The highest BCUT2D eigenvalue weighted by atomic mass is 16.5. The number of aromatic nitrogens is 2. The normalized spacial score (nSPS) is 15.3. The first kappa shape index (κ1) is 13.0. The van der Waals surface area contributed by atoms with E-state index in [9.17, 15) is 4.79 Å². The predicted molar refractivity (Wildman–Crippen MR) is 69.9 cm³/mol. The highest BCUT2D eigenvalue weighted by Crippen LogP contribution is 2.13. The van der Waals surface area contributed by atoms with Gasteiger partial charge in [0.15, 0.2) is 0 Å². The van der Waals surface area contributed by atoms with Crippen LogP contribution in [0.5, 0.6) is 0 Å². The number of rotatable bonds is 6. The predicted octanol–water partition coefficient (Wildman–Crippen LogP) is 0.106. The molecule has 0 amide bonds. The maximum atomic E-state index is 11.6. The van der Waals surface area contributed by atoms with Crippen LogP contribution in [0.15, 0.2) is 10.9 Å². The Balaban J connectivity index is 1.99. The zero-order valence-electron chi connectivity index (χ0n) is 10.7. The van der Waals surface area contributed by atoms with E-state index < -0.39 is 0 Å². The van der Waals surface area contributed by atoms with Gasteiger partial charge in [-0.15, -0.1) is 0 Å². The van der Waals surface area contributed by atoms with E-state index in [0.717, 1.165) is 25.3 Å². The number of ether oxygens (including phenoxy) is 1. The van der Waals surface area contributed by atoms with Gasteiger partial charge in [0.2, 0.25) is 5.95 Å². The van der Waals surface area contributed by atoms with Gasteiger partial charge in [0.25, 0.3) is 5.56 Å². The van der Waals surface area contributed by atoms with E-state index in [-0.39, 0.29) is 5.56 Å². The molecule has 1 saturated heterocycles. The maximum Gasteiger partial charge on any atom is 0.252 e. The van der Waals surface area contributed by atoms with Gasteiger partial charge in [-0.2, -0.15) is 0 Å². The van der Waals surface area contributed by atoms with Crippen molar-refractivity contribution in [3.8, 4) is 0 Å². The molecule has 2 rings (SSSR count). The van der Waals surface area contributed by atoms with E-state index >= 15 is 0 Å². The molecule has 1 aromatic rings. The Morgan fingerprint density at radius 3 is 3.00 bits per heavy atom. The number of methoxy groups -OCH3 is 1. The standard InChI is InChI=1S/C12H20N4O2/c1-18-7-4-13-9-10-8-11(17)15-12(14-10)16-5-2-3-6-16/h8,13H,2-7,9H2,1H3,(H,14,15,17). The van der Waals surface area contributed by atoms with Crippen molar-refractivity contribution in [2.24, 2.45) is 0 Å². The number of hydrogen-bond donors (Lipinski definition) is 2. The van der Waals surface area contributed by atoms with Crippen LogP contribution in [0, 0.1) is 0 Å². The molecule has 0 unspecified atom stereocenters. The van der Waals surface area contributed by atoms with Gasteiger partial charge >= 0.3 is 0 Å². The second-order valence-corrected chi connectivity index (χ2v) is 4.42. The van der Waals surface area contributed by atoms with E-state index in [4.69, 9.17) is 4.74 Å². The highest BCUT2D eigenvalue weighted by Gasteiger charge is 2.14. The lowest BCUT2D eigenvalue weighted by Crippen LogP contribution is -2.26. The third kappa shape index (κ3) is 3.54. The highest BCUT2D eigenvalue weighted by molar-refractivity contribution is 5.31. The van der Waals surface area contributed by atoms with Crippen molar-refractivity contribution in [3.05, 3.63) is 22.1 Å². The van der Waals surface area contributed by atoms with Crippen LogP contribution < -0.4 is 15.8 Å². The monoisotopic (exact) mass is 252 g/mol. The summed E-state index contributed by atoms with van der Waals surface area (Å²) in [6, 6.07) is 1.54. The summed E-state index contributed by atoms with van der Waals surface area (Å²) in [7, 11) is 1.67. The van der Waals surface area contributed by atoms with E-state index in [1.807, 2.05) is 0 Å². The van der Waals surface area contributed by atoms with Crippen molar-refractivity contribution in [2.45, 2.75) is 19.4 Å². The molecular formula is C12H20N4O2. The first-order chi connectivity index (χ1) is 8.79. The van der Waals surface area contributed by atoms with Crippen LogP contribution in [-0.2, 0) is 11.3 Å².